The van der Waals surface area contributed by atoms with Crippen molar-refractivity contribution in [1.82, 2.24) is 4.72 Å². The van der Waals surface area contributed by atoms with E-state index in [4.69, 9.17) is 4.74 Å². The van der Waals surface area contributed by atoms with Crippen molar-refractivity contribution in [3.05, 3.63) is 59.7 Å². The molecule has 0 heterocycles. The fraction of sp³-hybridized carbons (Fsp3) is 0.435. The third-order valence-corrected chi connectivity index (χ3v) is 6.16. The van der Waals surface area contributed by atoms with E-state index < -0.39 is 10.0 Å². The van der Waals surface area contributed by atoms with Crippen LogP contribution in [0.1, 0.15) is 43.7 Å². The Morgan fingerprint density at radius 3 is 2.23 bits per heavy atom. The van der Waals surface area contributed by atoms with Gasteiger partial charge in [-0.05, 0) is 54.7 Å². The van der Waals surface area contributed by atoms with Crippen LogP contribution in [0.2, 0.25) is 0 Å². The minimum atomic E-state index is -3.52. The van der Waals surface area contributed by atoms with Crippen LogP contribution in [0, 0.1) is 0 Å². The number of carbonyl (C=O) groups excluding carboxylic acids is 1. The van der Waals surface area contributed by atoms with Gasteiger partial charge in [0.25, 0.3) is 0 Å². The average Bonchev–Trinajstić information content (AvgIpc) is 2.75. The summed E-state index contributed by atoms with van der Waals surface area (Å²) < 4.78 is 37.7. The second-order valence-electron chi connectivity index (χ2n) is 7.10. The van der Waals surface area contributed by atoms with Gasteiger partial charge in [-0.2, -0.15) is 0 Å². The predicted molar refractivity (Wildman–Crippen MR) is 117 cm³/mol. The summed E-state index contributed by atoms with van der Waals surface area (Å²) in [7, 11) is -2.16. The van der Waals surface area contributed by atoms with Crippen molar-refractivity contribution in [3.8, 4) is 5.75 Å². The minimum absolute atomic E-state index is 0.221. The lowest BCUT2D eigenvalue weighted by molar-refractivity contribution is -0.139. The molecule has 0 aromatic heterocycles. The van der Waals surface area contributed by atoms with Crippen LogP contribution in [0.15, 0.2) is 53.4 Å². The maximum atomic E-state index is 12.4. The molecule has 2 aromatic rings. The number of carbonyl (C=O) groups is 1. The number of rotatable bonds is 13. The first-order valence-electron chi connectivity index (χ1n) is 10.3. The van der Waals surface area contributed by atoms with E-state index in [-0.39, 0.29) is 17.3 Å². The Hall–Kier alpha value is -2.38. The lowest BCUT2D eigenvalue weighted by Gasteiger charge is -2.09. The molecule has 0 atom stereocenters. The van der Waals surface area contributed by atoms with Crippen LogP contribution in [-0.2, 0) is 32.4 Å². The molecule has 0 bridgehead atoms. The highest BCUT2D eigenvalue weighted by atomic mass is 32.2. The summed E-state index contributed by atoms with van der Waals surface area (Å²) in [6, 6.07) is 14.3. The largest absolute Gasteiger partial charge is 0.494 e. The van der Waals surface area contributed by atoms with Gasteiger partial charge in [0, 0.05) is 6.54 Å². The van der Waals surface area contributed by atoms with E-state index in [0.717, 1.165) is 24.0 Å². The first-order valence-corrected chi connectivity index (χ1v) is 11.8. The minimum Gasteiger partial charge on any atom is -0.494 e. The SMILES string of the molecule is CCCCCc1ccc(S(=O)(=O)NCCCOc2ccc(CC(=O)OC)cc2)cc1. The number of ether oxygens (including phenoxy) is 2. The maximum absolute atomic E-state index is 12.4. The molecule has 1 N–H and O–H groups in total. The van der Waals surface area contributed by atoms with Gasteiger partial charge in [-0.3, -0.25) is 4.79 Å². The van der Waals surface area contributed by atoms with Gasteiger partial charge in [0.15, 0.2) is 0 Å². The molecule has 0 aliphatic heterocycles. The summed E-state index contributed by atoms with van der Waals surface area (Å²) >= 11 is 0. The third-order valence-electron chi connectivity index (χ3n) is 4.68. The summed E-state index contributed by atoms with van der Waals surface area (Å²) in [6.45, 7) is 2.84. The van der Waals surface area contributed by atoms with Crippen LogP contribution in [-0.4, -0.2) is 34.6 Å². The molecule has 0 unspecified atom stereocenters. The molecular formula is C23H31NO5S. The number of benzene rings is 2. The fourth-order valence-electron chi connectivity index (χ4n) is 2.91. The van der Waals surface area contributed by atoms with E-state index in [1.54, 1.807) is 36.4 Å². The normalized spacial score (nSPS) is 11.3. The Morgan fingerprint density at radius 2 is 1.60 bits per heavy atom. The van der Waals surface area contributed by atoms with Gasteiger partial charge in [0.1, 0.15) is 5.75 Å². The summed E-state index contributed by atoms with van der Waals surface area (Å²) in [5, 5.41) is 0. The molecule has 6 nitrogen and oxygen atoms in total. The van der Waals surface area contributed by atoms with Crippen molar-refractivity contribution >= 4 is 16.0 Å². The van der Waals surface area contributed by atoms with Crippen LogP contribution in [0.3, 0.4) is 0 Å². The topological polar surface area (TPSA) is 81.7 Å². The zero-order valence-electron chi connectivity index (χ0n) is 17.7. The molecule has 7 heteroatoms. The van der Waals surface area contributed by atoms with E-state index in [9.17, 15) is 13.2 Å². The van der Waals surface area contributed by atoms with Crippen LogP contribution >= 0.6 is 0 Å². The number of nitrogens with one attached hydrogen (secondary N) is 1. The number of unbranched alkanes of at least 4 members (excludes halogenated alkanes) is 2. The van der Waals surface area contributed by atoms with Gasteiger partial charge < -0.3 is 9.47 Å². The van der Waals surface area contributed by atoms with Gasteiger partial charge >= 0.3 is 5.97 Å². The van der Waals surface area contributed by atoms with Gasteiger partial charge in [-0.1, -0.05) is 44.0 Å². The highest BCUT2D eigenvalue weighted by Crippen LogP contribution is 2.14. The van der Waals surface area contributed by atoms with Crippen molar-refractivity contribution in [3.63, 3.8) is 0 Å². The Kier molecular flexibility index (Phi) is 9.83. The average molecular weight is 434 g/mol. The molecule has 0 aliphatic rings. The van der Waals surface area contributed by atoms with E-state index in [1.165, 1.54) is 20.0 Å². The summed E-state index contributed by atoms with van der Waals surface area (Å²) in [6.07, 6.45) is 5.20. The van der Waals surface area contributed by atoms with E-state index in [2.05, 4.69) is 16.4 Å². The van der Waals surface area contributed by atoms with Crippen molar-refractivity contribution < 1.29 is 22.7 Å². The molecular weight excluding hydrogens is 402 g/mol. The molecule has 0 fully saturated rings. The molecule has 0 saturated carbocycles. The lowest BCUT2D eigenvalue weighted by atomic mass is 10.1. The molecule has 0 spiro atoms. The Labute approximate surface area is 179 Å². The second-order valence-corrected chi connectivity index (χ2v) is 8.86. The number of esters is 1. The zero-order valence-corrected chi connectivity index (χ0v) is 18.5. The van der Waals surface area contributed by atoms with Crippen LogP contribution in [0.25, 0.3) is 0 Å². The Bertz CT molecular complexity index is 877. The summed E-state index contributed by atoms with van der Waals surface area (Å²) in [5.41, 5.74) is 2.01. The number of aryl methyl sites for hydroxylation is 1. The van der Waals surface area contributed by atoms with Crippen molar-refractivity contribution in [2.24, 2.45) is 0 Å². The second kappa shape index (κ2) is 12.3. The summed E-state index contributed by atoms with van der Waals surface area (Å²) in [5.74, 6) is 0.382. The van der Waals surface area contributed by atoms with Gasteiger partial charge in [0.2, 0.25) is 10.0 Å². The van der Waals surface area contributed by atoms with E-state index >= 15 is 0 Å². The number of sulfonamides is 1. The molecule has 0 radical (unpaired) electrons. The van der Waals surface area contributed by atoms with Crippen molar-refractivity contribution in [2.75, 3.05) is 20.3 Å². The Balaban J connectivity index is 1.72. The predicted octanol–water partition coefficient (Wildman–Crippen LogP) is 3.88. The van der Waals surface area contributed by atoms with Crippen molar-refractivity contribution in [1.29, 1.82) is 0 Å². The van der Waals surface area contributed by atoms with Crippen LogP contribution in [0.5, 0.6) is 5.75 Å². The lowest BCUT2D eigenvalue weighted by Crippen LogP contribution is -2.25. The number of methoxy groups -OCH3 is 1. The first kappa shape index (κ1) is 23.9. The quantitative estimate of drug-likeness (QED) is 0.383. The standard InChI is InChI=1S/C23H31NO5S/c1-3-4-5-7-19-10-14-22(15-11-19)30(26,27)24-16-6-17-29-21-12-8-20(9-13-21)18-23(25)28-2/h8-15,24H,3-7,16-18H2,1-2H3. The van der Waals surface area contributed by atoms with Crippen LogP contribution in [0.4, 0.5) is 0 Å². The molecule has 0 aliphatic carbocycles. The Morgan fingerprint density at radius 1 is 0.933 bits per heavy atom. The van der Waals surface area contributed by atoms with E-state index in [0.29, 0.717) is 25.3 Å². The first-order chi connectivity index (χ1) is 14.4. The zero-order chi connectivity index (χ0) is 21.8. The van der Waals surface area contributed by atoms with Gasteiger partial charge in [-0.25, -0.2) is 13.1 Å². The molecule has 2 aromatic carbocycles. The van der Waals surface area contributed by atoms with Gasteiger partial charge in [0.05, 0.1) is 25.0 Å². The molecule has 30 heavy (non-hydrogen) atoms. The molecule has 164 valence electrons. The number of hydrogen-bond donors (Lipinski definition) is 1. The molecule has 0 amide bonds. The van der Waals surface area contributed by atoms with Gasteiger partial charge in [-0.15, -0.1) is 0 Å². The molecule has 0 saturated heterocycles. The van der Waals surface area contributed by atoms with Crippen molar-refractivity contribution in [2.45, 2.75) is 50.3 Å². The maximum Gasteiger partial charge on any atom is 0.309 e. The number of hydrogen-bond acceptors (Lipinski definition) is 5. The fourth-order valence-corrected chi connectivity index (χ4v) is 3.98. The highest BCUT2D eigenvalue weighted by Gasteiger charge is 2.13. The monoisotopic (exact) mass is 433 g/mol. The third kappa shape index (κ3) is 8.16. The highest BCUT2D eigenvalue weighted by molar-refractivity contribution is 7.89. The smallest absolute Gasteiger partial charge is 0.309 e. The van der Waals surface area contributed by atoms with E-state index in [1.807, 2.05) is 12.1 Å². The van der Waals surface area contributed by atoms with Crippen LogP contribution < -0.4 is 9.46 Å². The molecule has 2 rings (SSSR count). The summed E-state index contributed by atoms with van der Waals surface area (Å²) in [4.78, 5) is 11.5.